The lowest BCUT2D eigenvalue weighted by atomic mass is 9.80. The Morgan fingerprint density at radius 2 is 1.69 bits per heavy atom. The molecule has 3 amide bonds. The average molecular weight is 554 g/mol. The van der Waals surface area contributed by atoms with Gasteiger partial charge in [0.1, 0.15) is 17.1 Å². The molecule has 39 heavy (non-hydrogen) atoms. The van der Waals surface area contributed by atoms with Gasteiger partial charge in [-0.05, 0) is 49.9 Å². The summed E-state index contributed by atoms with van der Waals surface area (Å²) < 4.78 is 5.84. The number of nitrogens with one attached hydrogen (secondary N) is 2. The third kappa shape index (κ3) is 6.24. The molecule has 11 heteroatoms. The number of aliphatic hydroxyl groups is 1. The maximum absolute atomic E-state index is 13.3. The van der Waals surface area contributed by atoms with Crippen molar-refractivity contribution in [1.82, 2.24) is 14.8 Å². The van der Waals surface area contributed by atoms with Crippen LogP contribution in [0.1, 0.15) is 36.2 Å². The second kappa shape index (κ2) is 12.1. The van der Waals surface area contributed by atoms with E-state index in [4.69, 9.17) is 21.1 Å². The Kier molecular flexibility index (Phi) is 8.44. The molecular formula is C28H32ClN5O5. The molecule has 206 valence electrons. The van der Waals surface area contributed by atoms with E-state index < -0.39 is 5.91 Å². The van der Waals surface area contributed by atoms with Crippen LogP contribution in [0.25, 0.3) is 11.0 Å². The fourth-order valence-corrected chi connectivity index (χ4v) is 5.48. The van der Waals surface area contributed by atoms with Crippen LogP contribution in [0, 0.1) is 11.8 Å². The van der Waals surface area contributed by atoms with Crippen LogP contribution in [-0.2, 0) is 9.59 Å². The molecule has 2 fully saturated rings. The minimum absolute atomic E-state index is 0.00879. The Balaban J connectivity index is 1.22. The van der Waals surface area contributed by atoms with Gasteiger partial charge in [0.15, 0.2) is 0 Å². The van der Waals surface area contributed by atoms with Gasteiger partial charge >= 0.3 is 0 Å². The van der Waals surface area contributed by atoms with Crippen molar-refractivity contribution in [2.45, 2.75) is 25.7 Å². The largest absolute Gasteiger partial charge is 0.449 e. The van der Waals surface area contributed by atoms with Crippen molar-refractivity contribution in [3.05, 3.63) is 53.4 Å². The number of benzene rings is 1. The van der Waals surface area contributed by atoms with Crippen molar-refractivity contribution in [2.75, 3.05) is 50.0 Å². The van der Waals surface area contributed by atoms with Crippen molar-refractivity contribution in [2.24, 2.45) is 11.8 Å². The molecule has 0 radical (unpaired) electrons. The van der Waals surface area contributed by atoms with Crippen LogP contribution in [0.15, 0.2) is 47.0 Å². The van der Waals surface area contributed by atoms with Gasteiger partial charge in [0.25, 0.3) is 5.91 Å². The maximum Gasteiger partial charge on any atom is 0.294 e. The molecule has 1 aromatic carbocycles. The highest BCUT2D eigenvalue weighted by Crippen LogP contribution is 2.35. The molecule has 3 heterocycles. The highest BCUT2D eigenvalue weighted by molar-refractivity contribution is 6.30. The smallest absolute Gasteiger partial charge is 0.294 e. The molecule has 2 aliphatic rings. The number of rotatable bonds is 7. The molecule has 5 rings (SSSR count). The van der Waals surface area contributed by atoms with E-state index in [9.17, 15) is 14.4 Å². The molecule has 0 atom stereocenters. The van der Waals surface area contributed by atoms with Gasteiger partial charge in [-0.3, -0.25) is 19.3 Å². The van der Waals surface area contributed by atoms with Crippen molar-refractivity contribution < 1.29 is 23.9 Å². The van der Waals surface area contributed by atoms with E-state index in [1.54, 1.807) is 30.3 Å². The van der Waals surface area contributed by atoms with Gasteiger partial charge in [-0.25, -0.2) is 4.98 Å². The molecule has 1 aliphatic carbocycles. The fraction of sp³-hybridized carbons (Fsp3) is 0.429. The first-order valence-electron chi connectivity index (χ1n) is 13.3. The number of amides is 3. The average Bonchev–Trinajstić information content (AvgIpc) is 3.33. The molecule has 1 saturated heterocycles. The van der Waals surface area contributed by atoms with Gasteiger partial charge in [0.05, 0.1) is 11.6 Å². The zero-order valence-electron chi connectivity index (χ0n) is 21.6. The van der Waals surface area contributed by atoms with E-state index in [2.05, 4.69) is 20.5 Å². The number of para-hydroxylation sites is 1. The van der Waals surface area contributed by atoms with Crippen LogP contribution in [0.2, 0.25) is 5.02 Å². The summed E-state index contributed by atoms with van der Waals surface area (Å²) in [5.74, 6) is -0.619. The number of halogens is 1. The number of fused-ring (bicyclic) bond motifs is 1. The van der Waals surface area contributed by atoms with Crippen LogP contribution in [-0.4, -0.2) is 76.9 Å². The van der Waals surface area contributed by atoms with E-state index in [-0.39, 0.29) is 36.0 Å². The van der Waals surface area contributed by atoms with Crippen molar-refractivity contribution in [1.29, 1.82) is 0 Å². The minimum atomic E-state index is -0.537. The lowest BCUT2D eigenvalue weighted by Crippen LogP contribution is -2.51. The minimum Gasteiger partial charge on any atom is -0.449 e. The summed E-state index contributed by atoms with van der Waals surface area (Å²) in [4.78, 5) is 47.6. The molecule has 1 saturated carbocycles. The predicted octanol–water partition coefficient (Wildman–Crippen LogP) is 3.61. The second-order valence-corrected chi connectivity index (χ2v) is 10.5. The van der Waals surface area contributed by atoms with Gasteiger partial charge in [0, 0.05) is 56.1 Å². The van der Waals surface area contributed by atoms with Crippen LogP contribution in [0.3, 0.4) is 0 Å². The molecule has 0 unspecified atom stereocenters. The van der Waals surface area contributed by atoms with E-state index in [1.807, 2.05) is 11.0 Å². The zero-order chi connectivity index (χ0) is 27.4. The molecular weight excluding hydrogens is 522 g/mol. The van der Waals surface area contributed by atoms with Crippen molar-refractivity contribution >= 4 is 51.8 Å². The molecule has 0 bridgehead atoms. The number of hydrogen-bond donors (Lipinski definition) is 3. The zero-order valence-corrected chi connectivity index (χ0v) is 22.3. The van der Waals surface area contributed by atoms with Crippen molar-refractivity contribution in [3.8, 4) is 0 Å². The number of β-amino-alcohol motifs (C(OH)–C–C–N with tert-alkyl or cyclic N) is 1. The SMILES string of the molecule is O=C(Nc1ccc(Cl)cn1)c1oc2ccccc2c1NC(=O)C1CCC(C(=O)N2CCN(CCO)CC2)CC1. The van der Waals surface area contributed by atoms with Gasteiger partial charge in [-0.1, -0.05) is 23.7 Å². The fourth-order valence-electron chi connectivity index (χ4n) is 5.37. The standard InChI is InChI=1S/C28H32ClN5O5/c29-20-9-10-23(30-17-20)31-27(37)25-24(21-3-1-2-4-22(21)39-25)32-26(36)18-5-7-19(8-6-18)28(38)34-13-11-33(12-14-34)15-16-35/h1-4,9-10,17-19,35H,5-8,11-16H2,(H,32,36)(H,30,31,37). The number of carbonyl (C=O) groups excluding carboxylic acids is 3. The summed E-state index contributed by atoms with van der Waals surface area (Å²) in [6.07, 6.45) is 3.92. The topological polar surface area (TPSA) is 128 Å². The first-order chi connectivity index (χ1) is 18.9. The number of nitrogens with zero attached hydrogens (tertiary/aromatic N) is 3. The predicted molar refractivity (Wildman–Crippen MR) is 148 cm³/mol. The van der Waals surface area contributed by atoms with E-state index >= 15 is 0 Å². The Bertz CT molecular complexity index is 1330. The summed E-state index contributed by atoms with van der Waals surface area (Å²) in [5.41, 5.74) is 0.802. The van der Waals surface area contributed by atoms with Gasteiger partial charge in [-0.15, -0.1) is 0 Å². The molecule has 0 spiro atoms. The van der Waals surface area contributed by atoms with Gasteiger partial charge < -0.3 is 25.1 Å². The molecule has 2 aromatic heterocycles. The Labute approximate surface area is 231 Å². The number of carbonyl (C=O) groups is 3. The highest BCUT2D eigenvalue weighted by Gasteiger charge is 2.34. The van der Waals surface area contributed by atoms with Gasteiger partial charge in [0.2, 0.25) is 17.6 Å². The number of pyridine rings is 1. The normalized spacial score (nSPS) is 20.1. The number of furan rings is 1. The Morgan fingerprint density at radius 1 is 0.974 bits per heavy atom. The van der Waals surface area contributed by atoms with Gasteiger partial charge in [-0.2, -0.15) is 0 Å². The first-order valence-corrected chi connectivity index (χ1v) is 13.7. The van der Waals surface area contributed by atoms with E-state index in [0.717, 1.165) is 13.1 Å². The second-order valence-electron chi connectivity index (χ2n) is 10.0. The number of piperazine rings is 1. The number of hydrogen-bond acceptors (Lipinski definition) is 7. The summed E-state index contributed by atoms with van der Waals surface area (Å²) in [6, 6.07) is 10.3. The monoisotopic (exact) mass is 553 g/mol. The molecule has 1 aliphatic heterocycles. The lowest BCUT2D eigenvalue weighted by Gasteiger charge is -2.37. The van der Waals surface area contributed by atoms with E-state index in [1.165, 1.54) is 6.20 Å². The third-order valence-electron chi connectivity index (χ3n) is 7.57. The Hall–Kier alpha value is -3.47. The third-order valence-corrected chi connectivity index (χ3v) is 7.79. The Morgan fingerprint density at radius 3 is 2.38 bits per heavy atom. The van der Waals surface area contributed by atoms with Crippen LogP contribution >= 0.6 is 11.6 Å². The van der Waals surface area contributed by atoms with Crippen LogP contribution < -0.4 is 10.6 Å². The van der Waals surface area contributed by atoms with Crippen molar-refractivity contribution in [3.63, 3.8) is 0 Å². The number of aliphatic hydroxyl groups excluding tert-OH is 1. The number of aromatic nitrogens is 1. The maximum atomic E-state index is 13.3. The lowest BCUT2D eigenvalue weighted by molar-refractivity contribution is -0.139. The summed E-state index contributed by atoms with van der Waals surface area (Å²) in [7, 11) is 0. The summed E-state index contributed by atoms with van der Waals surface area (Å²) in [6.45, 7) is 3.64. The highest BCUT2D eigenvalue weighted by atomic mass is 35.5. The summed E-state index contributed by atoms with van der Waals surface area (Å²) >= 11 is 5.88. The first kappa shape index (κ1) is 27.1. The molecule has 3 N–H and O–H groups in total. The molecule has 3 aromatic rings. The summed E-state index contributed by atoms with van der Waals surface area (Å²) in [5, 5.41) is 15.8. The van der Waals surface area contributed by atoms with Crippen LogP contribution in [0.4, 0.5) is 11.5 Å². The quantitative estimate of drug-likeness (QED) is 0.408. The van der Waals surface area contributed by atoms with Crippen LogP contribution in [0.5, 0.6) is 0 Å². The number of anilines is 2. The molecule has 10 nitrogen and oxygen atoms in total. The van der Waals surface area contributed by atoms with E-state index in [0.29, 0.717) is 72.8 Å².